The van der Waals surface area contributed by atoms with Crippen molar-refractivity contribution in [3.63, 3.8) is 0 Å². The van der Waals surface area contributed by atoms with Crippen molar-refractivity contribution in [1.29, 1.82) is 0 Å². The van der Waals surface area contributed by atoms with E-state index in [0.717, 1.165) is 29.9 Å². The molecule has 1 aliphatic heterocycles. The number of piperidine rings is 1. The number of carbonyl (C=O) groups excluding carboxylic acids is 2. The highest BCUT2D eigenvalue weighted by atomic mass is 16.2. The molecule has 19 heavy (non-hydrogen) atoms. The first-order chi connectivity index (χ1) is 8.99. The molecule has 6 nitrogen and oxygen atoms in total. The molecule has 0 bridgehead atoms. The minimum Gasteiger partial charge on any atom is -0.343 e. The number of nitrogens with one attached hydrogen (secondary N) is 2. The lowest BCUT2D eigenvalue weighted by Gasteiger charge is -2.30. The fourth-order valence-corrected chi connectivity index (χ4v) is 2.42. The van der Waals surface area contributed by atoms with E-state index in [-0.39, 0.29) is 17.7 Å². The molecule has 1 aromatic rings. The molecule has 2 rings (SSSR count). The maximum absolute atomic E-state index is 12.2. The molecule has 0 aliphatic carbocycles. The summed E-state index contributed by atoms with van der Waals surface area (Å²) in [7, 11) is 0. The average Bonchev–Trinajstić information content (AvgIpc) is 2.70. The number of likely N-dealkylation sites (tertiary alicyclic amines) is 1. The monoisotopic (exact) mass is 264 g/mol. The molecule has 2 N–H and O–H groups in total. The standard InChI is InChI=1S/C13H20N4O2/c1-8-12(9(2)16-15-8)14-13(19)11-4-6-17(7-5-11)10(3)18/h11H,4-7H2,1-3H3,(H,14,19)(H,15,16). The maximum Gasteiger partial charge on any atom is 0.227 e. The van der Waals surface area contributed by atoms with Crippen molar-refractivity contribution in [1.82, 2.24) is 15.1 Å². The molecule has 6 heteroatoms. The molecule has 0 spiro atoms. The van der Waals surface area contributed by atoms with Gasteiger partial charge in [0.1, 0.15) is 0 Å². The van der Waals surface area contributed by atoms with Crippen molar-refractivity contribution in [3.8, 4) is 0 Å². The van der Waals surface area contributed by atoms with Crippen LogP contribution in [0, 0.1) is 19.8 Å². The van der Waals surface area contributed by atoms with E-state index < -0.39 is 0 Å². The van der Waals surface area contributed by atoms with Gasteiger partial charge in [-0.1, -0.05) is 0 Å². The van der Waals surface area contributed by atoms with E-state index in [1.807, 2.05) is 13.8 Å². The number of anilines is 1. The Morgan fingerprint density at radius 1 is 1.32 bits per heavy atom. The van der Waals surface area contributed by atoms with E-state index >= 15 is 0 Å². The zero-order chi connectivity index (χ0) is 14.0. The highest BCUT2D eigenvalue weighted by Gasteiger charge is 2.26. The van der Waals surface area contributed by atoms with Crippen LogP contribution in [0.1, 0.15) is 31.2 Å². The summed E-state index contributed by atoms with van der Waals surface area (Å²) in [6.07, 6.45) is 1.45. The number of hydrogen-bond donors (Lipinski definition) is 2. The zero-order valence-corrected chi connectivity index (χ0v) is 11.6. The van der Waals surface area contributed by atoms with E-state index in [4.69, 9.17) is 0 Å². The molecule has 1 aliphatic rings. The Morgan fingerprint density at radius 3 is 2.42 bits per heavy atom. The van der Waals surface area contributed by atoms with E-state index in [0.29, 0.717) is 13.1 Å². The second kappa shape index (κ2) is 5.42. The summed E-state index contributed by atoms with van der Waals surface area (Å²) in [6, 6.07) is 0. The van der Waals surface area contributed by atoms with Crippen LogP contribution in [0.3, 0.4) is 0 Å². The van der Waals surface area contributed by atoms with Gasteiger partial charge in [0.25, 0.3) is 0 Å². The Labute approximate surface area is 112 Å². The van der Waals surface area contributed by atoms with Crippen LogP contribution in [0.25, 0.3) is 0 Å². The summed E-state index contributed by atoms with van der Waals surface area (Å²) in [5.74, 6) is 0.0838. The number of aromatic nitrogens is 2. The highest BCUT2D eigenvalue weighted by Crippen LogP contribution is 2.22. The van der Waals surface area contributed by atoms with Crippen molar-refractivity contribution in [2.75, 3.05) is 18.4 Å². The molecule has 2 heterocycles. The minimum absolute atomic E-state index is 0.0238. The fraction of sp³-hybridized carbons (Fsp3) is 0.615. The Bertz CT molecular complexity index is 467. The van der Waals surface area contributed by atoms with Crippen LogP contribution in [0.5, 0.6) is 0 Å². The van der Waals surface area contributed by atoms with Crippen LogP contribution in [0.2, 0.25) is 0 Å². The van der Waals surface area contributed by atoms with Gasteiger partial charge < -0.3 is 10.2 Å². The topological polar surface area (TPSA) is 78.1 Å². The lowest BCUT2D eigenvalue weighted by molar-refractivity contribution is -0.132. The molecule has 0 atom stereocenters. The van der Waals surface area contributed by atoms with Crippen molar-refractivity contribution >= 4 is 17.5 Å². The predicted octanol–water partition coefficient (Wildman–Crippen LogP) is 1.22. The molecule has 1 saturated heterocycles. The van der Waals surface area contributed by atoms with E-state index in [2.05, 4.69) is 15.5 Å². The summed E-state index contributed by atoms with van der Waals surface area (Å²) in [5.41, 5.74) is 2.44. The Morgan fingerprint density at radius 2 is 1.95 bits per heavy atom. The number of aromatic amines is 1. The van der Waals surface area contributed by atoms with Gasteiger partial charge in [0.2, 0.25) is 11.8 Å². The first-order valence-electron chi connectivity index (χ1n) is 6.57. The molecule has 1 aromatic heterocycles. The van der Waals surface area contributed by atoms with Crippen LogP contribution in [0.15, 0.2) is 0 Å². The fourth-order valence-electron chi connectivity index (χ4n) is 2.42. The molecular weight excluding hydrogens is 244 g/mol. The second-order valence-electron chi connectivity index (χ2n) is 5.08. The van der Waals surface area contributed by atoms with Crippen molar-refractivity contribution in [2.24, 2.45) is 5.92 Å². The molecule has 0 aromatic carbocycles. The van der Waals surface area contributed by atoms with Gasteiger partial charge in [0, 0.05) is 25.9 Å². The maximum atomic E-state index is 12.2. The van der Waals surface area contributed by atoms with Gasteiger partial charge in [-0.05, 0) is 26.7 Å². The number of amides is 2. The van der Waals surface area contributed by atoms with Crippen molar-refractivity contribution < 1.29 is 9.59 Å². The predicted molar refractivity (Wildman–Crippen MR) is 71.7 cm³/mol. The first kappa shape index (κ1) is 13.6. The summed E-state index contributed by atoms with van der Waals surface area (Å²) in [4.78, 5) is 25.2. The molecule has 2 amide bonds. The normalized spacial score (nSPS) is 16.5. The number of rotatable bonds is 2. The minimum atomic E-state index is -0.0238. The van der Waals surface area contributed by atoms with Crippen LogP contribution in [0.4, 0.5) is 5.69 Å². The van der Waals surface area contributed by atoms with Gasteiger partial charge in [-0.3, -0.25) is 14.7 Å². The highest BCUT2D eigenvalue weighted by molar-refractivity contribution is 5.93. The number of hydrogen-bond acceptors (Lipinski definition) is 3. The molecule has 0 saturated carbocycles. The lowest BCUT2D eigenvalue weighted by atomic mass is 9.95. The van der Waals surface area contributed by atoms with Gasteiger partial charge in [-0.15, -0.1) is 0 Å². The Hall–Kier alpha value is -1.85. The van der Waals surface area contributed by atoms with Gasteiger partial charge in [0.15, 0.2) is 0 Å². The van der Waals surface area contributed by atoms with Gasteiger partial charge >= 0.3 is 0 Å². The quantitative estimate of drug-likeness (QED) is 0.843. The number of aryl methyl sites for hydroxylation is 2. The average molecular weight is 264 g/mol. The zero-order valence-electron chi connectivity index (χ0n) is 11.6. The van der Waals surface area contributed by atoms with Crippen molar-refractivity contribution in [3.05, 3.63) is 11.4 Å². The largest absolute Gasteiger partial charge is 0.343 e. The van der Waals surface area contributed by atoms with E-state index in [1.54, 1.807) is 11.8 Å². The van der Waals surface area contributed by atoms with Gasteiger partial charge in [-0.25, -0.2) is 0 Å². The summed E-state index contributed by atoms with van der Waals surface area (Å²) < 4.78 is 0. The summed E-state index contributed by atoms with van der Waals surface area (Å²) in [6.45, 7) is 6.64. The van der Waals surface area contributed by atoms with Crippen LogP contribution in [-0.4, -0.2) is 40.0 Å². The third kappa shape index (κ3) is 2.94. The summed E-state index contributed by atoms with van der Waals surface area (Å²) >= 11 is 0. The van der Waals surface area contributed by atoms with Crippen LogP contribution >= 0.6 is 0 Å². The van der Waals surface area contributed by atoms with Crippen LogP contribution in [-0.2, 0) is 9.59 Å². The van der Waals surface area contributed by atoms with Gasteiger partial charge in [0.05, 0.1) is 17.1 Å². The lowest BCUT2D eigenvalue weighted by Crippen LogP contribution is -2.40. The van der Waals surface area contributed by atoms with Gasteiger partial charge in [-0.2, -0.15) is 5.10 Å². The third-order valence-corrected chi connectivity index (χ3v) is 3.69. The smallest absolute Gasteiger partial charge is 0.227 e. The Balaban J connectivity index is 1.93. The molecule has 104 valence electrons. The second-order valence-corrected chi connectivity index (χ2v) is 5.08. The number of carbonyl (C=O) groups is 2. The van der Waals surface area contributed by atoms with E-state index in [1.165, 1.54) is 0 Å². The molecule has 1 fully saturated rings. The van der Waals surface area contributed by atoms with E-state index in [9.17, 15) is 9.59 Å². The molecular formula is C13H20N4O2. The Kier molecular flexibility index (Phi) is 3.87. The number of H-pyrrole nitrogens is 1. The summed E-state index contributed by atoms with van der Waals surface area (Å²) in [5, 5.41) is 9.84. The SMILES string of the molecule is CC(=O)N1CCC(C(=O)Nc2c(C)n[nH]c2C)CC1. The van der Waals surface area contributed by atoms with Crippen LogP contribution < -0.4 is 5.32 Å². The molecule has 0 unspecified atom stereocenters. The van der Waals surface area contributed by atoms with Crippen molar-refractivity contribution in [2.45, 2.75) is 33.6 Å². The first-order valence-corrected chi connectivity index (χ1v) is 6.57. The number of nitrogens with zero attached hydrogens (tertiary/aromatic N) is 2. The third-order valence-electron chi connectivity index (χ3n) is 3.69. The molecule has 0 radical (unpaired) electrons.